The first-order valence-electron chi connectivity index (χ1n) is 9.01. The van der Waals surface area contributed by atoms with Gasteiger partial charge in [0.05, 0.1) is 13.2 Å². The normalized spacial score (nSPS) is 17.1. The van der Waals surface area contributed by atoms with Gasteiger partial charge in [0, 0.05) is 59.3 Å². The molecule has 29 heavy (non-hydrogen) atoms. The number of pyridine rings is 2. The second-order valence-electron chi connectivity index (χ2n) is 6.83. The van der Waals surface area contributed by atoms with E-state index in [1.807, 2.05) is 26.1 Å². The Kier molecular flexibility index (Phi) is 6.48. The Hall–Kier alpha value is -2.53. The molecular weight excluding hydrogens is 396 g/mol. The number of aryl methyl sites for hydroxylation is 3. The highest BCUT2D eigenvalue weighted by molar-refractivity contribution is 7.76. The van der Waals surface area contributed by atoms with Gasteiger partial charge in [0.15, 0.2) is 0 Å². The highest BCUT2D eigenvalue weighted by Crippen LogP contribution is 2.35. The fourth-order valence-corrected chi connectivity index (χ4v) is 3.21. The Labute approximate surface area is 170 Å². The average Bonchev–Trinajstić information content (AvgIpc) is 3.32. The van der Waals surface area contributed by atoms with E-state index >= 15 is 0 Å². The van der Waals surface area contributed by atoms with Crippen LogP contribution in [0.4, 0.5) is 0 Å². The van der Waals surface area contributed by atoms with Crippen molar-refractivity contribution in [3.8, 4) is 17.0 Å². The number of ether oxygens (including phenoxy) is 2. The van der Waals surface area contributed by atoms with Crippen LogP contribution >= 0.6 is 0 Å². The van der Waals surface area contributed by atoms with Gasteiger partial charge >= 0.3 is 0 Å². The molecule has 2 atom stereocenters. The zero-order valence-electron chi connectivity index (χ0n) is 16.4. The fraction of sp³-hybridized carbons (Fsp3) is 0.368. The van der Waals surface area contributed by atoms with E-state index in [1.165, 1.54) is 0 Å². The summed E-state index contributed by atoms with van der Waals surface area (Å²) < 4.78 is 30.7. The van der Waals surface area contributed by atoms with Gasteiger partial charge in [-0.05, 0) is 31.5 Å². The summed E-state index contributed by atoms with van der Waals surface area (Å²) in [5.74, 6) is 0.597. The van der Waals surface area contributed by atoms with E-state index in [1.54, 1.807) is 17.8 Å². The van der Waals surface area contributed by atoms with Crippen LogP contribution in [0.3, 0.4) is 0 Å². The first kappa shape index (κ1) is 21.2. The predicted octanol–water partition coefficient (Wildman–Crippen LogP) is 1.45. The molecule has 3 aromatic rings. The van der Waals surface area contributed by atoms with Crippen LogP contribution < -0.4 is 15.4 Å². The number of aromatic amines is 1. The molecule has 1 fully saturated rings. The monoisotopic (exact) mass is 419 g/mol. The van der Waals surface area contributed by atoms with Crippen molar-refractivity contribution >= 4 is 22.2 Å². The molecule has 156 valence electrons. The van der Waals surface area contributed by atoms with Crippen molar-refractivity contribution < 1.29 is 18.2 Å². The molecule has 3 aromatic heterocycles. The van der Waals surface area contributed by atoms with E-state index in [-0.39, 0.29) is 11.7 Å². The quantitative estimate of drug-likeness (QED) is 0.617. The summed E-state index contributed by atoms with van der Waals surface area (Å²) in [6.45, 7) is 5.31. The zero-order chi connectivity index (χ0) is 21.1. The maximum absolute atomic E-state index is 12.3. The predicted molar refractivity (Wildman–Crippen MR) is 109 cm³/mol. The summed E-state index contributed by atoms with van der Waals surface area (Å²) in [7, 11) is 1.76. The minimum Gasteiger partial charge on any atom is -0.760 e. The summed E-state index contributed by atoms with van der Waals surface area (Å²) >= 11 is -2.36. The van der Waals surface area contributed by atoms with Crippen molar-refractivity contribution in [2.24, 2.45) is 12.2 Å². The van der Waals surface area contributed by atoms with Crippen LogP contribution in [-0.2, 0) is 23.1 Å². The lowest BCUT2D eigenvalue weighted by molar-refractivity contribution is 0.138. The van der Waals surface area contributed by atoms with E-state index in [9.17, 15) is 4.79 Å². The number of nitrogens with zero attached hydrogens (tertiary/aromatic N) is 2. The highest BCUT2D eigenvalue weighted by atomic mass is 32.2. The molecule has 4 heterocycles. The van der Waals surface area contributed by atoms with Crippen LogP contribution in [0, 0.1) is 13.8 Å². The molecule has 4 rings (SSSR count). The van der Waals surface area contributed by atoms with Crippen molar-refractivity contribution in [1.82, 2.24) is 14.5 Å². The van der Waals surface area contributed by atoms with Crippen molar-refractivity contribution in [2.45, 2.75) is 26.4 Å². The smallest absolute Gasteiger partial charge is 0.274 e. The van der Waals surface area contributed by atoms with Crippen LogP contribution in [0.15, 0.2) is 29.3 Å². The number of aromatic nitrogens is 3. The maximum atomic E-state index is 12.3. The van der Waals surface area contributed by atoms with Crippen LogP contribution in [0.1, 0.15) is 17.7 Å². The first-order valence-corrected chi connectivity index (χ1v) is 10.1. The standard InChI is InChI=1S/C19H21N3O3.H3NO2S/c1-11-8-15(18(21-12(11)2)25-13-5-7-24-10-13)16-9-22(3)19(23)17-14(16)4-6-20-17;1-4(2)3/h4,6,8-9,13,20H,5,7,10H2,1-3H3;1H2,(H,2,3)/p-1. The van der Waals surface area contributed by atoms with Crippen molar-refractivity contribution in [3.63, 3.8) is 0 Å². The van der Waals surface area contributed by atoms with Gasteiger partial charge in [0.1, 0.15) is 11.6 Å². The van der Waals surface area contributed by atoms with E-state index in [0.29, 0.717) is 24.6 Å². The van der Waals surface area contributed by atoms with E-state index in [0.717, 1.165) is 34.2 Å². The number of H-pyrrole nitrogens is 1. The summed E-state index contributed by atoms with van der Waals surface area (Å²) in [5.41, 5.74) is 4.40. The second-order valence-corrected chi connectivity index (χ2v) is 7.35. The molecule has 0 aromatic carbocycles. The molecular formula is C19H23N4O5S-. The highest BCUT2D eigenvalue weighted by Gasteiger charge is 2.22. The Morgan fingerprint density at radius 3 is 2.79 bits per heavy atom. The van der Waals surface area contributed by atoms with Gasteiger partial charge in [-0.3, -0.25) is 14.1 Å². The molecule has 0 saturated carbocycles. The minimum absolute atomic E-state index is 0.0163. The molecule has 0 radical (unpaired) electrons. The summed E-state index contributed by atoms with van der Waals surface area (Å²) in [4.78, 5) is 20.0. The molecule has 3 N–H and O–H groups in total. The fourth-order valence-electron chi connectivity index (χ4n) is 3.21. The molecule has 1 saturated heterocycles. The summed E-state index contributed by atoms with van der Waals surface area (Å²) in [6.07, 6.45) is 4.51. The lowest BCUT2D eigenvalue weighted by Crippen LogP contribution is -2.18. The van der Waals surface area contributed by atoms with E-state index in [4.69, 9.17) is 18.2 Å². The summed E-state index contributed by atoms with van der Waals surface area (Å²) in [5, 5.41) is 4.90. The molecule has 0 amide bonds. The van der Waals surface area contributed by atoms with Crippen LogP contribution in [0.2, 0.25) is 0 Å². The largest absolute Gasteiger partial charge is 0.760 e. The van der Waals surface area contributed by atoms with Gasteiger partial charge in [-0.1, -0.05) is 0 Å². The van der Waals surface area contributed by atoms with Crippen molar-refractivity contribution in [1.29, 1.82) is 0 Å². The van der Waals surface area contributed by atoms with Crippen LogP contribution in [0.25, 0.3) is 22.0 Å². The third-order valence-corrected chi connectivity index (χ3v) is 4.78. The number of fused-ring (bicyclic) bond motifs is 1. The van der Waals surface area contributed by atoms with Crippen molar-refractivity contribution in [2.75, 3.05) is 13.2 Å². The molecule has 0 bridgehead atoms. The van der Waals surface area contributed by atoms with Gasteiger partial charge in [-0.2, -0.15) is 0 Å². The third kappa shape index (κ3) is 4.73. The number of hydrogen-bond donors (Lipinski definition) is 2. The molecule has 0 spiro atoms. The number of nitrogens with two attached hydrogens (primary N) is 1. The Morgan fingerprint density at radius 2 is 2.14 bits per heavy atom. The lowest BCUT2D eigenvalue weighted by Gasteiger charge is -2.17. The Balaban J connectivity index is 0.000000552. The number of hydrogen-bond acceptors (Lipinski definition) is 6. The van der Waals surface area contributed by atoms with Gasteiger partial charge in [-0.15, -0.1) is 0 Å². The van der Waals surface area contributed by atoms with Crippen LogP contribution in [-0.4, -0.2) is 42.6 Å². The first-order chi connectivity index (χ1) is 13.8. The summed E-state index contributed by atoms with van der Waals surface area (Å²) in [6, 6.07) is 4.00. The Bertz CT molecular complexity index is 1100. The topological polar surface area (TPSA) is 135 Å². The van der Waals surface area contributed by atoms with Crippen LogP contribution in [0.5, 0.6) is 5.88 Å². The molecule has 1 aliphatic rings. The minimum atomic E-state index is -2.36. The Morgan fingerprint density at radius 1 is 1.41 bits per heavy atom. The lowest BCUT2D eigenvalue weighted by atomic mass is 10.0. The maximum Gasteiger partial charge on any atom is 0.274 e. The number of rotatable bonds is 3. The number of nitrogens with one attached hydrogen (secondary N) is 1. The zero-order valence-corrected chi connectivity index (χ0v) is 17.2. The average molecular weight is 419 g/mol. The van der Waals surface area contributed by atoms with Crippen molar-refractivity contribution in [3.05, 3.63) is 46.1 Å². The molecule has 9 nitrogen and oxygen atoms in total. The SMILES string of the molecule is Cc1cc(-c2cn(C)c(=O)c3[nH]ccc23)c(OC2CCOC2)nc1C.NS(=O)[O-]. The molecule has 1 aliphatic heterocycles. The van der Waals surface area contributed by atoms with Gasteiger partial charge in [-0.25, -0.2) is 4.98 Å². The van der Waals surface area contributed by atoms with E-state index in [2.05, 4.69) is 21.2 Å². The van der Waals surface area contributed by atoms with E-state index < -0.39 is 11.3 Å². The molecule has 0 aliphatic carbocycles. The van der Waals surface area contributed by atoms with Gasteiger partial charge in [0.25, 0.3) is 5.56 Å². The third-order valence-electron chi connectivity index (χ3n) is 4.78. The second kappa shape index (κ2) is 8.87. The van der Waals surface area contributed by atoms with Gasteiger partial charge in [0.2, 0.25) is 5.88 Å². The molecule has 2 unspecified atom stereocenters. The molecule has 10 heteroatoms. The van der Waals surface area contributed by atoms with Gasteiger partial charge < -0.3 is 23.6 Å².